The van der Waals surface area contributed by atoms with E-state index < -0.39 is 23.7 Å². The van der Waals surface area contributed by atoms with E-state index in [1.165, 1.54) is 18.6 Å². The number of rotatable bonds is 4. The third kappa shape index (κ3) is 2.47. The zero-order valence-corrected chi connectivity index (χ0v) is 13.0. The van der Waals surface area contributed by atoms with Crippen molar-refractivity contribution in [2.24, 2.45) is 11.0 Å². The number of nitrogens with zero attached hydrogens (tertiary/aromatic N) is 4. The van der Waals surface area contributed by atoms with Crippen LogP contribution >= 0.6 is 0 Å². The highest BCUT2D eigenvalue weighted by Crippen LogP contribution is 2.28. The fourth-order valence-corrected chi connectivity index (χ4v) is 3.00. The number of amides is 2. The van der Waals surface area contributed by atoms with Crippen LogP contribution < -0.4 is 5.43 Å². The normalized spacial score (nSPS) is 21.8. The van der Waals surface area contributed by atoms with Gasteiger partial charge in [0.25, 0.3) is 5.91 Å². The molecule has 0 bridgehead atoms. The topological polar surface area (TPSA) is 105 Å². The SMILES string of the molecule is O=C(C1=NNC2C(=O)N(Cc3ccccc3)C(=O)C12)c1cnccn1. The lowest BCUT2D eigenvalue weighted by molar-refractivity contribution is -0.140. The van der Waals surface area contributed by atoms with Crippen LogP contribution in [0.4, 0.5) is 0 Å². The van der Waals surface area contributed by atoms with E-state index in [1.807, 2.05) is 30.3 Å². The molecule has 2 aliphatic rings. The van der Waals surface area contributed by atoms with Crippen LogP contribution in [0.15, 0.2) is 54.0 Å². The van der Waals surface area contributed by atoms with E-state index in [1.54, 1.807) is 0 Å². The number of likely N-dealkylation sites (tertiary alicyclic amines) is 1. The average Bonchev–Trinajstić information content (AvgIpc) is 3.19. The van der Waals surface area contributed by atoms with Gasteiger partial charge >= 0.3 is 0 Å². The van der Waals surface area contributed by atoms with Crippen molar-refractivity contribution >= 4 is 23.3 Å². The van der Waals surface area contributed by atoms with Crippen LogP contribution in [0.25, 0.3) is 0 Å². The molecular formula is C17H13N5O3. The number of hydrazone groups is 1. The smallest absolute Gasteiger partial charge is 0.254 e. The van der Waals surface area contributed by atoms with Crippen LogP contribution in [0, 0.1) is 5.92 Å². The fraction of sp³-hybridized carbons (Fsp3) is 0.176. The Labute approximate surface area is 142 Å². The third-order valence-electron chi connectivity index (χ3n) is 4.23. The standard InChI is InChI=1S/C17H13N5O3/c23-15(11-8-18-6-7-19-11)13-12-14(21-20-13)17(25)22(16(12)24)9-10-4-2-1-3-5-10/h1-8,12,14,21H,9H2. The van der Waals surface area contributed by atoms with Gasteiger partial charge in [-0.1, -0.05) is 30.3 Å². The maximum Gasteiger partial charge on any atom is 0.254 e. The van der Waals surface area contributed by atoms with Gasteiger partial charge in [0.05, 0.1) is 12.7 Å². The molecule has 1 fully saturated rings. The van der Waals surface area contributed by atoms with Crippen molar-refractivity contribution in [3.05, 3.63) is 60.2 Å². The van der Waals surface area contributed by atoms with Crippen molar-refractivity contribution in [2.45, 2.75) is 12.6 Å². The van der Waals surface area contributed by atoms with Crippen molar-refractivity contribution < 1.29 is 14.4 Å². The molecule has 25 heavy (non-hydrogen) atoms. The molecule has 0 aliphatic carbocycles. The number of benzene rings is 1. The molecule has 2 aromatic rings. The van der Waals surface area contributed by atoms with Crippen LogP contribution in [0.2, 0.25) is 0 Å². The summed E-state index contributed by atoms with van der Waals surface area (Å²) in [5, 5.41) is 3.92. The van der Waals surface area contributed by atoms with E-state index in [2.05, 4.69) is 20.5 Å². The lowest BCUT2D eigenvalue weighted by atomic mass is 9.94. The van der Waals surface area contributed by atoms with Crippen molar-refractivity contribution in [1.82, 2.24) is 20.3 Å². The Morgan fingerprint density at radius 3 is 2.64 bits per heavy atom. The number of carbonyl (C=O) groups excluding carboxylic acids is 3. The molecule has 1 aromatic heterocycles. The Balaban J connectivity index is 1.59. The molecule has 0 saturated carbocycles. The third-order valence-corrected chi connectivity index (χ3v) is 4.23. The van der Waals surface area contributed by atoms with Gasteiger partial charge in [-0.15, -0.1) is 0 Å². The summed E-state index contributed by atoms with van der Waals surface area (Å²) >= 11 is 0. The predicted molar refractivity (Wildman–Crippen MR) is 86.2 cm³/mol. The number of Topliss-reactive ketones (excluding diaryl/α,β-unsaturated/α-hetero) is 1. The van der Waals surface area contributed by atoms with Gasteiger partial charge in [-0.25, -0.2) is 4.98 Å². The minimum atomic E-state index is -0.925. The van der Waals surface area contributed by atoms with Crippen molar-refractivity contribution in [3.63, 3.8) is 0 Å². The molecule has 3 heterocycles. The zero-order valence-electron chi connectivity index (χ0n) is 13.0. The van der Waals surface area contributed by atoms with Crippen LogP contribution in [0.1, 0.15) is 16.1 Å². The van der Waals surface area contributed by atoms with Gasteiger partial charge in [-0.2, -0.15) is 5.10 Å². The summed E-state index contributed by atoms with van der Waals surface area (Å²) in [6, 6.07) is 8.36. The number of nitrogens with one attached hydrogen (secondary N) is 1. The van der Waals surface area contributed by atoms with Gasteiger partial charge in [0.15, 0.2) is 0 Å². The molecule has 0 spiro atoms. The zero-order chi connectivity index (χ0) is 17.4. The molecule has 1 aromatic carbocycles. The van der Waals surface area contributed by atoms with Crippen LogP contribution in [0.5, 0.6) is 0 Å². The molecule has 124 valence electrons. The minimum absolute atomic E-state index is 0.000545. The molecule has 8 heteroatoms. The van der Waals surface area contributed by atoms with E-state index in [9.17, 15) is 14.4 Å². The van der Waals surface area contributed by atoms with E-state index in [0.29, 0.717) is 0 Å². The Kier molecular flexibility index (Phi) is 3.57. The van der Waals surface area contributed by atoms with E-state index in [-0.39, 0.29) is 23.9 Å². The first-order valence-corrected chi connectivity index (χ1v) is 7.70. The van der Waals surface area contributed by atoms with Gasteiger partial charge in [0.2, 0.25) is 11.7 Å². The number of fused-ring (bicyclic) bond motifs is 1. The largest absolute Gasteiger partial charge is 0.296 e. The summed E-state index contributed by atoms with van der Waals surface area (Å²) in [4.78, 5) is 46.8. The van der Waals surface area contributed by atoms with E-state index >= 15 is 0 Å². The monoisotopic (exact) mass is 335 g/mol. The molecule has 1 N–H and O–H groups in total. The summed E-state index contributed by atoms with van der Waals surface area (Å²) < 4.78 is 0. The van der Waals surface area contributed by atoms with Crippen LogP contribution in [-0.4, -0.2) is 44.2 Å². The molecular weight excluding hydrogens is 322 g/mol. The molecule has 8 nitrogen and oxygen atoms in total. The number of ketones is 1. The highest BCUT2D eigenvalue weighted by Gasteiger charge is 2.54. The lowest BCUT2D eigenvalue weighted by Crippen LogP contribution is -2.35. The molecule has 2 aliphatic heterocycles. The predicted octanol–water partition coefficient (Wildman–Crippen LogP) is 0.172. The number of carbonyl (C=O) groups is 3. The summed E-state index contributed by atoms with van der Waals surface area (Å²) in [7, 11) is 0. The summed E-state index contributed by atoms with van der Waals surface area (Å²) in [5.74, 6) is -2.24. The number of imide groups is 1. The minimum Gasteiger partial charge on any atom is -0.296 e. The molecule has 2 amide bonds. The fourth-order valence-electron chi connectivity index (χ4n) is 3.00. The molecule has 1 saturated heterocycles. The van der Waals surface area contributed by atoms with Gasteiger partial charge < -0.3 is 0 Å². The Hall–Kier alpha value is -3.42. The first kappa shape index (κ1) is 15.1. The maximum absolute atomic E-state index is 12.7. The van der Waals surface area contributed by atoms with Crippen molar-refractivity contribution in [2.75, 3.05) is 0 Å². The quantitative estimate of drug-likeness (QED) is 0.631. The van der Waals surface area contributed by atoms with Gasteiger partial charge in [0, 0.05) is 12.4 Å². The van der Waals surface area contributed by atoms with Crippen molar-refractivity contribution in [3.8, 4) is 0 Å². The Morgan fingerprint density at radius 1 is 1.12 bits per heavy atom. The summed E-state index contributed by atoms with van der Waals surface area (Å²) in [5.41, 5.74) is 3.55. The highest BCUT2D eigenvalue weighted by molar-refractivity contribution is 6.50. The number of hydrogen-bond donors (Lipinski definition) is 1. The van der Waals surface area contributed by atoms with Gasteiger partial charge in [-0.05, 0) is 5.56 Å². The number of hydrogen-bond acceptors (Lipinski definition) is 7. The first-order valence-electron chi connectivity index (χ1n) is 7.70. The Bertz CT molecular complexity index is 882. The van der Waals surface area contributed by atoms with Crippen molar-refractivity contribution in [1.29, 1.82) is 0 Å². The Morgan fingerprint density at radius 2 is 1.92 bits per heavy atom. The van der Waals surface area contributed by atoms with Crippen LogP contribution in [0.3, 0.4) is 0 Å². The van der Waals surface area contributed by atoms with Gasteiger partial charge in [-0.3, -0.25) is 29.7 Å². The maximum atomic E-state index is 12.7. The van der Waals surface area contributed by atoms with Crippen LogP contribution in [-0.2, 0) is 16.1 Å². The second-order valence-corrected chi connectivity index (χ2v) is 5.75. The summed E-state index contributed by atoms with van der Waals surface area (Å²) in [6.45, 7) is 0.166. The first-order chi connectivity index (χ1) is 12.2. The molecule has 2 atom stereocenters. The lowest BCUT2D eigenvalue weighted by Gasteiger charge is -2.15. The average molecular weight is 335 g/mol. The van der Waals surface area contributed by atoms with E-state index in [0.717, 1.165) is 10.5 Å². The molecule has 2 unspecified atom stereocenters. The second-order valence-electron chi connectivity index (χ2n) is 5.75. The van der Waals surface area contributed by atoms with E-state index in [4.69, 9.17) is 0 Å². The molecule has 0 radical (unpaired) electrons. The number of aromatic nitrogens is 2. The molecule has 4 rings (SSSR count). The highest BCUT2D eigenvalue weighted by atomic mass is 16.2. The summed E-state index contributed by atoms with van der Waals surface area (Å²) in [6.07, 6.45) is 4.14. The van der Waals surface area contributed by atoms with Gasteiger partial charge in [0.1, 0.15) is 23.4 Å². The second kappa shape index (κ2) is 5.90.